The lowest BCUT2D eigenvalue weighted by molar-refractivity contribution is -0.0329. The van der Waals surface area contributed by atoms with Gasteiger partial charge in [0.2, 0.25) is 0 Å². The van der Waals surface area contributed by atoms with Crippen LogP contribution in [-0.2, 0) is 0 Å². The molecule has 1 atom stereocenters. The normalized spacial score (nSPS) is 19.1. The second-order valence-corrected chi connectivity index (χ2v) is 5.07. The molecule has 0 amide bonds. The molecule has 1 saturated carbocycles. The van der Waals surface area contributed by atoms with Gasteiger partial charge in [-0.1, -0.05) is 6.07 Å². The van der Waals surface area contributed by atoms with E-state index in [2.05, 4.69) is 5.32 Å². The van der Waals surface area contributed by atoms with Gasteiger partial charge < -0.3 is 15.2 Å². The number of hydrogen-bond acceptors (Lipinski definition) is 3. The van der Waals surface area contributed by atoms with Crippen LogP contribution in [0.1, 0.15) is 37.8 Å². The number of nitrogens with one attached hydrogen (secondary N) is 1. The fraction of sp³-hybridized carbons (Fsp3) is 0.571. The van der Waals surface area contributed by atoms with E-state index in [0.717, 1.165) is 24.8 Å². The highest BCUT2D eigenvalue weighted by atomic mass is 19.1. The van der Waals surface area contributed by atoms with Gasteiger partial charge in [-0.15, -0.1) is 0 Å². The molecule has 3 nitrogen and oxygen atoms in total. The Balaban J connectivity index is 1.95. The molecule has 100 valence electrons. The van der Waals surface area contributed by atoms with Crippen molar-refractivity contribution in [3.63, 3.8) is 0 Å². The van der Waals surface area contributed by atoms with Crippen LogP contribution in [-0.4, -0.2) is 24.4 Å². The Morgan fingerprint density at radius 1 is 1.50 bits per heavy atom. The molecule has 0 heterocycles. The first-order valence-corrected chi connectivity index (χ1v) is 6.33. The van der Waals surface area contributed by atoms with Crippen molar-refractivity contribution in [3.05, 3.63) is 29.6 Å². The summed E-state index contributed by atoms with van der Waals surface area (Å²) >= 11 is 0. The maximum atomic E-state index is 13.6. The molecular formula is C14H20FNO2. The second-order valence-electron chi connectivity index (χ2n) is 5.07. The van der Waals surface area contributed by atoms with E-state index >= 15 is 0 Å². The van der Waals surface area contributed by atoms with E-state index in [0.29, 0.717) is 6.54 Å². The standard InChI is InChI=1S/C14H20FNO2/c1-10(16-9-14(17)6-3-7-14)11-4-5-13(18-2)12(15)8-11/h4-5,8,10,16-17H,3,6-7,9H2,1-2H3. The van der Waals surface area contributed by atoms with Crippen LogP contribution in [0.2, 0.25) is 0 Å². The molecule has 0 saturated heterocycles. The lowest BCUT2D eigenvalue weighted by atomic mass is 9.80. The van der Waals surface area contributed by atoms with Gasteiger partial charge in [0.05, 0.1) is 12.7 Å². The van der Waals surface area contributed by atoms with Gasteiger partial charge >= 0.3 is 0 Å². The largest absolute Gasteiger partial charge is 0.494 e. The Hall–Kier alpha value is -1.13. The van der Waals surface area contributed by atoms with E-state index < -0.39 is 5.60 Å². The molecule has 1 fully saturated rings. The highest BCUT2D eigenvalue weighted by Crippen LogP contribution is 2.31. The number of ether oxygens (including phenoxy) is 1. The molecule has 1 aromatic carbocycles. The fourth-order valence-electron chi connectivity index (χ4n) is 2.17. The van der Waals surface area contributed by atoms with Gasteiger partial charge in [-0.25, -0.2) is 4.39 Å². The van der Waals surface area contributed by atoms with Gasteiger partial charge in [-0.2, -0.15) is 0 Å². The lowest BCUT2D eigenvalue weighted by Crippen LogP contribution is -2.46. The summed E-state index contributed by atoms with van der Waals surface area (Å²) in [5.41, 5.74) is 0.301. The van der Waals surface area contributed by atoms with Crippen LogP contribution in [0.5, 0.6) is 5.75 Å². The predicted octanol–water partition coefficient (Wildman–Crippen LogP) is 2.40. The smallest absolute Gasteiger partial charge is 0.165 e. The zero-order valence-corrected chi connectivity index (χ0v) is 10.9. The van der Waals surface area contributed by atoms with Crippen molar-refractivity contribution in [2.45, 2.75) is 37.8 Å². The maximum absolute atomic E-state index is 13.6. The summed E-state index contributed by atoms with van der Waals surface area (Å²) < 4.78 is 18.4. The molecule has 2 rings (SSSR count). The molecule has 0 radical (unpaired) electrons. The highest BCUT2D eigenvalue weighted by molar-refractivity contribution is 5.30. The Bertz CT molecular complexity index is 418. The zero-order valence-electron chi connectivity index (χ0n) is 10.9. The monoisotopic (exact) mass is 253 g/mol. The van der Waals surface area contributed by atoms with Crippen molar-refractivity contribution in [2.75, 3.05) is 13.7 Å². The van der Waals surface area contributed by atoms with Gasteiger partial charge in [0.25, 0.3) is 0 Å². The van der Waals surface area contributed by atoms with Crippen LogP contribution < -0.4 is 10.1 Å². The molecule has 0 aliphatic heterocycles. The first kappa shape index (κ1) is 13.3. The van der Waals surface area contributed by atoms with Crippen LogP contribution >= 0.6 is 0 Å². The maximum Gasteiger partial charge on any atom is 0.165 e. The van der Waals surface area contributed by atoms with Gasteiger partial charge in [-0.3, -0.25) is 0 Å². The average molecular weight is 253 g/mol. The first-order chi connectivity index (χ1) is 8.54. The minimum atomic E-state index is -0.556. The minimum absolute atomic E-state index is 0.00929. The van der Waals surface area contributed by atoms with Crippen LogP contribution in [0.4, 0.5) is 4.39 Å². The summed E-state index contributed by atoms with van der Waals surface area (Å²) in [7, 11) is 1.45. The van der Waals surface area contributed by atoms with Crippen molar-refractivity contribution >= 4 is 0 Å². The molecule has 0 aromatic heterocycles. The average Bonchev–Trinajstić information content (AvgIpc) is 2.33. The van der Waals surface area contributed by atoms with Crippen molar-refractivity contribution in [2.24, 2.45) is 0 Å². The number of hydrogen-bond donors (Lipinski definition) is 2. The quantitative estimate of drug-likeness (QED) is 0.846. The van der Waals surface area contributed by atoms with Crippen LogP contribution in [0, 0.1) is 5.82 Å². The third-order valence-corrected chi connectivity index (χ3v) is 3.70. The van der Waals surface area contributed by atoms with Crippen molar-refractivity contribution in [3.8, 4) is 5.75 Å². The highest BCUT2D eigenvalue weighted by Gasteiger charge is 2.34. The molecule has 1 aliphatic carbocycles. The lowest BCUT2D eigenvalue weighted by Gasteiger charge is -2.37. The molecule has 1 aliphatic rings. The van der Waals surface area contributed by atoms with E-state index in [1.807, 2.05) is 13.0 Å². The van der Waals surface area contributed by atoms with E-state index in [9.17, 15) is 9.50 Å². The minimum Gasteiger partial charge on any atom is -0.494 e. The van der Waals surface area contributed by atoms with Crippen molar-refractivity contribution in [1.29, 1.82) is 0 Å². The summed E-state index contributed by atoms with van der Waals surface area (Å²) in [4.78, 5) is 0. The molecule has 2 N–H and O–H groups in total. The molecule has 0 bridgehead atoms. The topological polar surface area (TPSA) is 41.5 Å². The van der Waals surface area contributed by atoms with E-state index in [-0.39, 0.29) is 17.6 Å². The van der Waals surface area contributed by atoms with Crippen LogP contribution in [0.3, 0.4) is 0 Å². The van der Waals surface area contributed by atoms with Gasteiger partial charge in [0.15, 0.2) is 11.6 Å². The third kappa shape index (κ3) is 2.82. The second kappa shape index (κ2) is 5.24. The Morgan fingerprint density at radius 3 is 2.72 bits per heavy atom. The summed E-state index contributed by atoms with van der Waals surface area (Å²) in [6.07, 6.45) is 2.79. The van der Waals surface area contributed by atoms with Crippen LogP contribution in [0.15, 0.2) is 18.2 Å². The van der Waals surface area contributed by atoms with Gasteiger partial charge in [-0.05, 0) is 43.9 Å². The molecule has 1 unspecified atom stereocenters. The summed E-state index contributed by atoms with van der Waals surface area (Å²) in [5.74, 6) is -0.102. The molecular weight excluding hydrogens is 233 g/mol. The summed E-state index contributed by atoms with van der Waals surface area (Å²) in [6.45, 7) is 2.52. The predicted molar refractivity (Wildman–Crippen MR) is 68.2 cm³/mol. The Morgan fingerprint density at radius 2 is 2.22 bits per heavy atom. The molecule has 1 aromatic rings. The van der Waals surface area contributed by atoms with E-state index in [4.69, 9.17) is 4.74 Å². The van der Waals surface area contributed by atoms with Gasteiger partial charge in [0.1, 0.15) is 0 Å². The van der Waals surface area contributed by atoms with E-state index in [1.165, 1.54) is 13.2 Å². The molecule has 4 heteroatoms. The number of rotatable bonds is 5. The van der Waals surface area contributed by atoms with Crippen molar-refractivity contribution in [1.82, 2.24) is 5.32 Å². The SMILES string of the molecule is COc1ccc(C(C)NCC2(O)CCC2)cc1F. The summed E-state index contributed by atoms with van der Waals surface area (Å²) in [6, 6.07) is 4.95. The molecule has 0 spiro atoms. The van der Waals surface area contributed by atoms with Gasteiger partial charge in [0, 0.05) is 12.6 Å². The summed E-state index contributed by atoms with van der Waals surface area (Å²) in [5, 5.41) is 13.2. The number of methoxy groups -OCH3 is 1. The first-order valence-electron chi connectivity index (χ1n) is 6.33. The van der Waals surface area contributed by atoms with Crippen molar-refractivity contribution < 1.29 is 14.2 Å². The van der Waals surface area contributed by atoms with Crippen LogP contribution in [0.25, 0.3) is 0 Å². The third-order valence-electron chi connectivity index (χ3n) is 3.70. The fourth-order valence-corrected chi connectivity index (χ4v) is 2.17. The van der Waals surface area contributed by atoms with E-state index in [1.54, 1.807) is 6.07 Å². The Labute approximate surface area is 107 Å². The molecule has 18 heavy (non-hydrogen) atoms. The number of aliphatic hydroxyl groups is 1. The number of benzene rings is 1. The number of halogens is 1. The zero-order chi connectivity index (χ0) is 13.2. The Kier molecular flexibility index (Phi) is 3.88.